The number of hydrogen-bond donors (Lipinski definition) is 1. The summed E-state index contributed by atoms with van der Waals surface area (Å²) in [5, 5.41) is 3.24. The van der Waals surface area contributed by atoms with E-state index in [-0.39, 0.29) is 5.54 Å². The molecule has 17 heavy (non-hydrogen) atoms. The van der Waals surface area contributed by atoms with E-state index in [4.69, 9.17) is 0 Å². The number of hydrogen-bond acceptors (Lipinski definition) is 2. The van der Waals surface area contributed by atoms with Crippen LogP contribution in [0.25, 0.3) is 0 Å². The Balaban J connectivity index is 3.28. The zero-order valence-corrected chi connectivity index (χ0v) is 12.3. The Morgan fingerprint density at radius 3 is 2.00 bits per heavy atom. The number of carbonyl (C=O) groups is 1. The van der Waals surface area contributed by atoms with Crippen LogP contribution in [0.5, 0.6) is 0 Å². The van der Waals surface area contributed by atoms with E-state index in [1.807, 2.05) is 0 Å². The largest absolute Gasteiger partial charge is 0.305 e. The normalized spacial score (nSPS) is 11.8. The first kappa shape index (κ1) is 16.6. The SMILES string of the molecule is CCCCCCCCCC(=O)CNC(C)(C)C. The predicted molar refractivity (Wildman–Crippen MR) is 75.4 cm³/mol. The van der Waals surface area contributed by atoms with Gasteiger partial charge in [0.1, 0.15) is 5.78 Å². The van der Waals surface area contributed by atoms with Gasteiger partial charge in [0.05, 0.1) is 6.54 Å². The van der Waals surface area contributed by atoms with Crippen LogP contribution in [0.4, 0.5) is 0 Å². The average Bonchev–Trinajstić information content (AvgIpc) is 2.24. The van der Waals surface area contributed by atoms with Crippen LogP contribution in [0.2, 0.25) is 0 Å². The van der Waals surface area contributed by atoms with Crippen molar-refractivity contribution in [1.29, 1.82) is 0 Å². The third-order valence-electron chi connectivity index (χ3n) is 2.88. The molecule has 2 nitrogen and oxygen atoms in total. The minimum atomic E-state index is 0.0514. The monoisotopic (exact) mass is 241 g/mol. The van der Waals surface area contributed by atoms with Gasteiger partial charge in [0.2, 0.25) is 0 Å². The summed E-state index contributed by atoms with van der Waals surface area (Å²) in [4.78, 5) is 11.6. The lowest BCUT2D eigenvalue weighted by molar-refractivity contribution is -0.118. The van der Waals surface area contributed by atoms with Crippen molar-refractivity contribution in [2.75, 3.05) is 6.54 Å². The second-order valence-electron chi connectivity index (χ2n) is 6.01. The molecule has 1 N–H and O–H groups in total. The van der Waals surface area contributed by atoms with Crippen LogP contribution in [0.1, 0.15) is 79.1 Å². The van der Waals surface area contributed by atoms with Gasteiger partial charge >= 0.3 is 0 Å². The van der Waals surface area contributed by atoms with Crippen LogP contribution in [-0.4, -0.2) is 17.9 Å². The highest BCUT2D eigenvalue weighted by Crippen LogP contribution is 2.08. The van der Waals surface area contributed by atoms with E-state index >= 15 is 0 Å². The molecule has 0 spiro atoms. The Morgan fingerprint density at radius 2 is 1.47 bits per heavy atom. The standard InChI is InChI=1S/C15H31NO/c1-5-6-7-8-9-10-11-12-14(17)13-16-15(2,3)4/h16H,5-13H2,1-4H3. The van der Waals surface area contributed by atoms with E-state index in [2.05, 4.69) is 33.0 Å². The molecule has 0 amide bonds. The fourth-order valence-corrected chi connectivity index (χ4v) is 1.73. The van der Waals surface area contributed by atoms with E-state index in [1.54, 1.807) is 0 Å². The molecule has 0 heterocycles. The van der Waals surface area contributed by atoms with Gasteiger partial charge in [-0.1, -0.05) is 45.4 Å². The summed E-state index contributed by atoms with van der Waals surface area (Å²) >= 11 is 0. The van der Waals surface area contributed by atoms with E-state index < -0.39 is 0 Å². The van der Waals surface area contributed by atoms with E-state index in [0.717, 1.165) is 12.8 Å². The van der Waals surface area contributed by atoms with Gasteiger partial charge in [-0.3, -0.25) is 4.79 Å². The highest BCUT2D eigenvalue weighted by atomic mass is 16.1. The van der Waals surface area contributed by atoms with Crippen molar-refractivity contribution in [3.05, 3.63) is 0 Å². The van der Waals surface area contributed by atoms with Crippen molar-refractivity contribution >= 4 is 5.78 Å². The van der Waals surface area contributed by atoms with Crippen LogP contribution < -0.4 is 5.32 Å². The first-order valence-corrected chi connectivity index (χ1v) is 7.22. The second kappa shape index (κ2) is 9.64. The molecule has 0 aromatic carbocycles. The molecule has 0 radical (unpaired) electrons. The van der Waals surface area contributed by atoms with Crippen molar-refractivity contribution in [3.8, 4) is 0 Å². The van der Waals surface area contributed by atoms with Gasteiger partial charge < -0.3 is 5.32 Å². The summed E-state index contributed by atoms with van der Waals surface area (Å²) in [6, 6.07) is 0. The molecule has 0 bridgehead atoms. The Kier molecular flexibility index (Phi) is 9.43. The molecule has 0 atom stereocenters. The van der Waals surface area contributed by atoms with Crippen LogP contribution in [-0.2, 0) is 4.79 Å². The first-order valence-electron chi connectivity index (χ1n) is 7.22. The smallest absolute Gasteiger partial charge is 0.146 e. The summed E-state index contributed by atoms with van der Waals surface area (Å²) in [6.07, 6.45) is 9.67. The number of Topliss-reactive ketones (excluding diaryl/α,β-unsaturated/α-hetero) is 1. The topological polar surface area (TPSA) is 29.1 Å². The fraction of sp³-hybridized carbons (Fsp3) is 0.933. The van der Waals surface area contributed by atoms with E-state index in [0.29, 0.717) is 12.3 Å². The number of rotatable bonds is 10. The molecule has 0 aromatic heterocycles. The Labute approximate surface area is 108 Å². The van der Waals surface area contributed by atoms with Gasteiger partial charge in [-0.15, -0.1) is 0 Å². The lowest BCUT2D eigenvalue weighted by Crippen LogP contribution is -2.39. The van der Waals surface area contributed by atoms with Crippen molar-refractivity contribution < 1.29 is 4.79 Å². The maximum Gasteiger partial charge on any atom is 0.146 e. The zero-order valence-electron chi connectivity index (χ0n) is 12.3. The molecule has 0 saturated heterocycles. The quantitative estimate of drug-likeness (QED) is 0.584. The first-order chi connectivity index (χ1) is 7.95. The number of nitrogens with one attached hydrogen (secondary N) is 1. The Hall–Kier alpha value is -0.370. The third-order valence-corrected chi connectivity index (χ3v) is 2.88. The lowest BCUT2D eigenvalue weighted by Gasteiger charge is -2.19. The third kappa shape index (κ3) is 13.6. The average molecular weight is 241 g/mol. The molecule has 0 fully saturated rings. The summed E-state index contributed by atoms with van der Waals surface area (Å²) in [7, 11) is 0. The van der Waals surface area contributed by atoms with Gasteiger partial charge in [-0.25, -0.2) is 0 Å². The summed E-state index contributed by atoms with van der Waals surface area (Å²) in [5.41, 5.74) is 0.0514. The number of carbonyl (C=O) groups excluding carboxylic acids is 1. The van der Waals surface area contributed by atoms with Crippen molar-refractivity contribution in [2.45, 2.75) is 84.6 Å². The van der Waals surface area contributed by atoms with Crippen LogP contribution >= 0.6 is 0 Å². The molecular formula is C15H31NO. The maximum atomic E-state index is 11.6. The van der Waals surface area contributed by atoms with Gasteiger partial charge in [-0.2, -0.15) is 0 Å². The Morgan fingerprint density at radius 1 is 0.941 bits per heavy atom. The molecule has 0 aliphatic rings. The number of ketones is 1. The summed E-state index contributed by atoms with van der Waals surface area (Å²) in [5.74, 6) is 0.355. The predicted octanol–water partition coefficient (Wildman–Crippen LogP) is 4.08. The van der Waals surface area contributed by atoms with Crippen molar-refractivity contribution in [1.82, 2.24) is 5.32 Å². The minimum absolute atomic E-state index is 0.0514. The van der Waals surface area contributed by atoms with Crippen LogP contribution in [0, 0.1) is 0 Å². The van der Waals surface area contributed by atoms with E-state index in [9.17, 15) is 4.79 Å². The van der Waals surface area contributed by atoms with E-state index in [1.165, 1.54) is 38.5 Å². The summed E-state index contributed by atoms with van der Waals surface area (Å²) < 4.78 is 0. The molecule has 0 unspecified atom stereocenters. The van der Waals surface area contributed by atoms with Gasteiger partial charge in [-0.05, 0) is 27.2 Å². The Bertz CT molecular complexity index is 194. The molecule has 0 rings (SSSR count). The van der Waals surface area contributed by atoms with Crippen LogP contribution in [0.15, 0.2) is 0 Å². The van der Waals surface area contributed by atoms with Crippen molar-refractivity contribution in [2.24, 2.45) is 0 Å². The molecule has 0 aliphatic carbocycles. The molecular weight excluding hydrogens is 210 g/mol. The van der Waals surface area contributed by atoms with Crippen molar-refractivity contribution in [3.63, 3.8) is 0 Å². The minimum Gasteiger partial charge on any atom is -0.305 e. The van der Waals surface area contributed by atoms with Gasteiger partial charge in [0.15, 0.2) is 0 Å². The fourth-order valence-electron chi connectivity index (χ4n) is 1.73. The summed E-state index contributed by atoms with van der Waals surface area (Å²) in [6.45, 7) is 9.04. The van der Waals surface area contributed by atoms with Gasteiger partial charge in [0, 0.05) is 12.0 Å². The molecule has 0 saturated carbocycles. The molecule has 0 aliphatic heterocycles. The molecule has 0 aromatic rings. The highest BCUT2D eigenvalue weighted by molar-refractivity contribution is 5.80. The second-order valence-corrected chi connectivity index (χ2v) is 6.01. The lowest BCUT2D eigenvalue weighted by atomic mass is 10.1. The highest BCUT2D eigenvalue weighted by Gasteiger charge is 2.10. The van der Waals surface area contributed by atoms with Gasteiger partial charge in [0.25, 0.3) is 0 Å². The molecule has 2 heteroatoms. The molecule has 102 valence electrons. The number of unbranched alkanes of at least 4 members (excludes halogenated alkanes) is 6. The maximum absolute atomic E-state index is 11.6. The zero-order chi connectivity index (χ0) is 13.1. The van der Waals surface area contributed by atoms with Crippen LogP contribution in [0.3, 0.4) is 0 Å².